The molecule has 2 aromatic rings. The van der Waals surface area contributed by atoms with Gasteiger partial charge in [-0.25, -0.2) is 12.8 Å². The second kappa shape index (κ2) is 7.55. The average Bonchev–Trinajstić information content (AvgIpc) is 3.05. The van der Waals surface area contributed by atoms with Crippen molar-refractivity contribution in [2.45, 2.75) is 31.2 Å². The van der Waals surface area contributed by atoms with Gasteiger partial charge in [0, 0.05) is 25.1 Å². The van der Waals surface area contributed by atoms with Gasteiger partial charge in [-0.15, -0.1) is 0 Å². The first-order chi connectivity index (χ1) is 12.4. The molecule has 3 rings (SSSR count). The number of amides is 1. The van der Waals surface area contributed by atoms with E-state index in [1.54, 1.807) is 13.0 Å². The van der Waals surface area contributed by atoms with Crippen LogP contribution in [0.2, 0.25) is 0 Å². The number of aromatic nitrogens is 1. The molecule has 7 nitrogen and oxygen atoms in total. The monoisotopic (exact) mass is 381 g/mol. The Hall–Kier alpha value is -2.26. The van der Waals surface area contributed by atoms with Gasteiger partial charge in [0.2, 0.25) is 15.9 Å². The van der Waals surface area contributed by atoms with E-state index >= 15 is 0 Å². The fraction of sp³-hybridized carbons (Fsp3) is 0.412. The Labute approximate surface area is 151 Å². The second-order valence-corrected chi connectivity index (χ2v) is 8.22. The first-order valence-corrected chi connectivity index (χ1v) is 9.76. The fourth-order valence-corrected chi connectivity index (χ4v) is 4.40. The quantitative estimate of drug-likeness (QED) is 0.853. The molecule has 1 fully saturated rings. The number of carbonyl (C=O) groups is 1. The zero-order valence-corrected chi connectivity index (χ0v) is 15.1. The van der Waals surface area contributed by atoms with E-state index in [0.29, 0.717) is 18.6 Å². The molecule has 2 heterocycles. The van der Waals surface area contributed by atoms with Crippen LogP contribution < -0.4 is 5.32 Å². The molecule has 1 N–H and O–H groups in total. The van der Waals surface area contributed by atoms with Crippen molar-refractivity contribution in [2.24, 2.45) is 5.92 Å². The Kier molecular flexibility index (Phi) is 5.38. The van der Waals surface area contributed by atoms with E-state index < -0.39 is 15.8 Å². The second-order valence-electron chi connectivity index (χ2n) is 6.28. The Balaban J connectivity index is 1.54. The van der Waals surface area contributed by atoms with Crippen LogP contribution in [-0.4, -0.2) is 36.9 Å². The summed E-state index contributed by atoms with van der Waals surface area (Å²) >= 11 is 0. The van der Waals surface area contributed by atoms with Gasteiger partial charge in [0.05, 0.1) is 17.1 Å². The first-order valence-electron chi connectivity index (χ1n) is 8.32. The van der Waals surface area contributed by atoms with Crippen molar-refractivity contribution in [1.29, 1.82) is 0 Å². The Bertz CT molecular complexity index is 872. The Morgan fingerprint density at radius 3 is 2.54 bits per heavy atom. The van der Waals surface area contributed by atoms with Crippen LogP contribution in [0, 0.1) is 18.7 Å². The summed E-state index contributed by atoms with van der Waals surface area (Å²) in [5.74, 6) is -0.287. The lowest BCUT2D eigenvalue weighted by Crippen LogP contribution is -2.42. The van der Waals surface area contributed by atoms with E-state index in [2.05, 4.69) is 10.5 Å². The van der Waals surface area contributed by atoms with Crippen molar-refractivity contribution in [3.63, 3.8) is 0 Å². The Morgan fingerprint density at radius 2 is 1.96 bits per heavy atom. The Morgan fingerprint density at radius 1 is 1.31 bits per heavy atom. The SMILES string of the molecule is Cc1cc(CNC(=O)C2CCN(S(=O)(=O)c3ccc(F)cc3)CC2)on1. The van der Waals surface area contributed by atoms with Gasteiger partial charge in [0.25, 0.3) is 0 Å². The highest BCUT2D eigenvalue weighted by Crippen LogP contribution is 2.24. The standard InChI is InChI=1S/C17H20FN3O4S/c1-12-10-15(25-20-12)11-19-17(22)13-6-8-21(9-7-13)26(23,24)16-4-2-14(18)3-5-16/h2-5,10,13H,6-9,11H2,1H3,(H,19,22). The van der Waals surface area contributed by atoms with Gasteiger partial charge in [-0.2, -0.15) is 4.31 Å². The summed E-state index contributed by atoms with van der Waals surface area (Å²) < 4.78 is 44.5. The number of nitrogens with zero attached hydrogens (tertiary/aromatic N) is 2. The minimum Gasteiger partial charge on any atom is -0.359 e. The minimum absolute atomic E-state index is 0.0579. The normalized spacial score (nSPS) is 16.5. The average molecular weight is 381 g/mol. The van der Waals surface area contributed by atoms with Gasteiger partial charge in [0.15, 0.2) is 5.76 Å². The lowest BCUT2D eigenvalue weighted by molar-refractivity contribution is -0.126. The van der Waals surface area contributed by atoms with Gasteiger partial charge in [-0.1, -0.05) is 5.16 Å². The number of hydrogen-bond acceptors (Lipinski definition) is 5. The first kappa shape index (κ1) is 18.5. The highest BCUT2D eigenvalue weighted by Gasteiger charge is 2.32. The molecule has 1 aromatic carbocycles. The molecule has 26 heavy (non-hydrogen) atoms. The summed E-state index contributed by atoms with van der Waals surface area (Å²) in [7, 11) is -3.67. The summed E-state index contributed by atoms with van der Waals surface area (Å²) in [6, 6.07) is 6.50. The van der Waals surface area contributed by atoms with Crippen LogP contribution in [0.25, 0.3) is 0 Å². The summed E-state index contributed by atoms with van der Waals surface area (Å²) in [5.41, 5.74) is 0.744. The molecule has 0 radical (unpaired) electrons. The molecule has 1 aliphatic heterocycles. The van der Waals surface area contributed by atoms with Gasteiger partial charge in [-0.3, -0.25) is 4.79 Å². The molecule has 9 heteroatoms. The third-order valence-corrected chi connectivity index (χ3v) is 6.30. The number of piperidine rings is 1. The molecule has 0 spiro atoms. The van der Waals surface area contributed by atoms with Crippen LogP contribution in [-0.2, 0) is 21.4 Å². The molecule has 0 unspecified atom stereocenters. The largest absolute Gasteiger partial charge is 0.359 e. The third kappa shape index (κ3) is 4.10. The van der Waals surface area contributed by atoms with E-state index in [9.17, 15) is 17.6 Å². The fourth-order valence-electron chi connectivity index (χ4n) is 2.93. The van der Waals surface area contributed by atoms with Gasteiger partial charge < -0.3 is 9.84 Å². The minimum atomic E-state index is -3.67. The third-order valence-electron chi connectivity index (χ3n) is 4.39. The zero-order chi connectivity index (χ0) is 18.7. The van der Waals surface area contributed by atoms with Crippen LogP contribution in [0.5, 0.6) is 0 Å². The van der Waals surface area contributed by atoms with Gasteiger partial charge in [0.1, 0.15) is 5.82 Å². The molecular weight excluding hydrogens is 361 g/mol. The molecule has 1 saturated heterocycles. The van der Waals surface area contributed by atoms with E-state index in [4.69, 9.17) is 4.52 Å². The maximum Gasteiger partial charge on any atom is 0.243 e. The number of benzene rings is 1. The van der Waals surface area contributed by atoms with Crippen molar-refractivity contribution in [2.75, 3.05) is 13.1 Å². The van der Waals surface area contributed by atoms with Gasteiger partial charge >= 0.3 is 0 Å². The van der Waals surface area contributed by atoms with Crippen LogP contribution in [0.15, 0.2) is 39.8 Å². The van der Waals surface area contributed by atoms with Crippen LogP contribution in [0.3, 0.4) is 0 Å². The molecular formula is C17H20FN3O4S. The van der Waals surface area contributed by atoms with Crippen molar-refractivity contribution in [3.05, 3.63) is 47.6 Å². The van der Waals surface area contributed by atoms with Crippen LogP contribution in [0.4, 0.5) is 4.39 Å². The highest BCUT2D eigenvalue weighted by molar-refractivity contribution is 7.89. The topological polar surface area (TPSA) is 92.5 Å². The molecule has 1 aliphatic rings. The predicted molar refractivity (Wildman–Crippen MR) is 91.0 cm³/mol. The van der Waals surface area contributed by atoms with Crippen molar-refractivity contribution >= 4 is 15.9 Å². The highest BCUT2D eigenvalue weighted by atomic mass is 32.2. The summed E-state index contributed by atoms with van der Waals surface area (Å²) in [6.07, 6.45) is 0.864. The molecule has 1 aromatic heterocycles. The van der Waals surface area contributed by atoms with Gasteiger partial charge in [-0.05, 0) is 44.0 Å². The summed E-state index contributed by atoms with van der Waals surface area (Å²) in [4.78, 5) is 12.3. The number of aryl methyl sites for hydroxylation is 1. The van der Waals surface area contributed by atoms with E-state index in [1.165, 1.54) is 16.4 Å². The molecule has 0 atom stereocenters. The van der Waals surface area contributed by atoms with E-state index in [1.807, 2.05) is 0 Å². The number of rotatable bonds is 5. The number of nitrogens with one attached hydrogen (secondary N) is 1. The van der Waals surface area contributed by atoms with Crippen molar-refractivity contribution in [3.8, 4) is 0 Å². The maximum atomic E-state index is 13.0. The van der Waals surface area contributed by atoms with Crippen LogP contribution >= 0.6 is 0 Å². The smallest absolute Gasteiger partial charge is 0.243 e. The molecule has 140 valence electrons. The lowest BCUT2D eigenvalue weighted by atomic mass is 9.97. The molecule has 0 bridgehead atoms. The molecule has 1 amide bonds. The van der Waals surface area contributed by atoms with Crippen molar-refractivity contribution < 1.29 is 22.1 Å². The zero-order valence-electron chi connectivity index (χ0n) is 14.3. The summed E-state index contributed by atoms with van der Waals surface area (Å²) in [5, 5.41) is 6.55. The summed E-state index contributed by atoms with van der Waals surface area (Å²) in [6.45, 7) is 2.55. The number of halogens is 1. The molecule has 0 aliphatic carbocycles. The van der Waals surface area contributed by atoms with Crippen molar-refractivity contribution in [1.82, 2.24) is 14.8 Å². The number of hydrogen-bond donors (Lipinski definition) is 1. The number of carbonyl (C=O) groups excluding carboxylic acids is 1. The predicted octanol–water partition coefficient (Wildman–Crippen LogP) is 1.84. The van der Waals surface area contributed by atoms with E-state index in [0.717, 1.165) is 17.8 Å². The number of sulfonamides is 1. The van der Waals surface area contributed by atoms with E-state index in [-0.39, 0.29) is 36.4 Å². The molecule has 0 saturated carbocycles. The maximum absolute atomic E-state index is 13.0. The van der Waals surface area contributed by atoms with Crippen LogP contribution in [0.1, 0.15) is 24.3 Å². The lowest BCUT2D eigenvalue weighted by Gasteiger charge is -2.30.